The van der Waals surface area contributed by atoms with Crippen LogP contribution < -0.4 is 10.1 Å². The largest absolute Gasteiger partial charge is 0.468 e. The molecule has 2 aromatic heterocycles. The van der Waals surface area contributed by atoms with Crippen molar-refractivity contribution in [2.75, 3.05) is 18.7 Å². The zero-order chi connectivity index (χ0) is 16.9. The maximum atomic E-state index is 12.2. The molecule has 0 aliphatic heterocycles. The molecule has 0 radical (unpaired) electrons. The van der Waals surface area contributed by atoms with Crippen LogP contribution >= 0.6 is 33.9 Å². The van der Waals surface area contributed by atoms with E-state index in [2.05, 4.69) is 37.9 Å². The van der Waals surface area contributed by atoms with Gasteiger partial charge in [-0.05, 0) is 59.8 Å². The summed E-state index contributed by atoms with van der Waals surface area (Å²) in [6.45, 7) is 2.72. The van der Waals surface area contributed by atoms with Crippen molar-refractivity contribution in [3.8, 4) is 5.75 Å². The van der Waals surface area contributed by atoms with Crippen molar-refractivity contribution in [2.24, 2.45) is 0 Å². The molecule has 1 aromatic carbocycles. The molecule has 0 saturated carbocycles. The van der Waals surface area contributed by atoms with E-state index in [0.29, 0.717) is 23.2 Å². The van der Waals surface area contributed by atoms with Gasteiger partial charge in [0.25, 0.3) is 5.91 Å². The van der Waals surface area contributed by atoms with Crippen molar-refractivity contribution >= 4 is 55.2 Å². The van der Waals surface area contributed by atoms with Gasteiger partial charge in [0.15, 0.2) is 11.9 Å². The van der Waals surface area contributed by atoms with Crippen LogP contribution in [0.15, 0.2) is 36.5 Å². The second-order valence-electron chi connectivity index (χ2n) is 4.72. The van der Waals surface area contributed by atoms with Crippen molar-refractivity contribution in [3.05, 3.63) is 45.8 Å². The number of hydrogen-bond donors (Lipinski definition) is 1. The van der Waals surface area contributed by atoms with Crippen LogP contribution in [-0.4, -0.2) is 29.3 Å². The number of halogens is 1. The summed E-state index contributed by atoms with van der Waals surface area (Å²) >= 11 is 3.53. The van der Waals surface area contributed by atoms with E-state index in [9.17, 15) is 4.79 Å². The molecule has 6 nitrogen and oxygen atoms in total. The normalized spacial score (nSPS) is 10.8. The van der Waals surface area contributed by atoms with Gasteiger partial charge in [0.1, 0.15) is 11.4 Å². The van der Waals surface area contributed by atoms with Crippen molar-refractivity contribution in [1.82, 2.24) is 9.97 Å². The highest BCUT2D eigenvalue weighted by molar-refractivity contribution is 14.1. The number of fused-ring (bicyclic) bond motifs is 1. The van der Waals surface area contributed by atoms with Gasteiger partial charge >= 0.3 is 0 Å². The molecule has 0 spiro atoms. The summed E-state index contributed by atoms with van der Waals surface area (Å²) in [6, 6.07) is 9.08. The Kier molecular flexibility index (Phi) is 5.59. The molecule has 24 heavy (non-hydrogen) atoms. The standard InChI is InChI=1S/C16H14IN3O3S/c1-2-22-9-23-11-4-6-12-14(7-11)24-16(19-12)20-15(21)13-5-3-10(17)8-18-13/h3-8H,2,9H2,1H3,(H,19,20,21). The summed E-state index contributed by atoms with van der Waals surface area (Å²) in [5, 5.41) is 3.30. The Morgan fingerprint density at radius 1 is 1.33 bits per heavy atom. The van der Waals surface area contributed by atoms with Gasteiger partial charge in [-0.3, -0.25) is 10.1 Å². The Bertz CT molecular complexity index is 851. The van der Waals surface area contributed by atoms with Gasteiger partial charge < -0.3 is 9.47 Å². The second kappa shape index (κ2) is 7.86. The lowest BCUT2D eigenvalue weighted by atomic mass is 10.3. The van der Waals surface area contributed by atoms with Crippen molar-refractivity contribution in [2.45, 2.75) is 6.92 Å². The Morgan fingerprint density at radius 3 is 2.96 bits per heavy atom. The number of rotatable bonds is 6. The minimum Gasteiger partial charge on any atom is -0.468 e. The van der Waals surface area contributed by atoms with Crippen LogP contribution in [0.4, 0.5) is 5.13 Å². The van der Waals surface area contributed by atoms with Gasteiger partial charge in [-0.1, -0.05) is 11.3 Å². The monoisotopic (exact) mass is 455 g/mol. The average molecular weight is 455 g/mol. The highest BCUT2D eigenvalue weighted by Gasteiger charge is 2.11. The molecule has 0 bridgehead atoms. The smallest absolute Gasteiger partial charge is 0.276 e. The molecule has 3 aromatic rings. The van der Waals surface area contributed by atoms with Gasteiger partial charge in [0.05, 0.1) is 10.2 Å². The van der Waals surface area contributed by atoms with Crippen molar-refractivity contribution in [1.29, 1.82) is 0 Å². The van der Waals surface area contributed by atoms with Crippen molar-refractivity contribution in [3.63, 3.8) is 0 Å². The highest BCUT2D eigenvalue weighted by Crippen LogP contribution is 2.29. The number of nitrogens with one attached hydrogen (secondary N) is 1. The number of carbonyl (C=O) groups excluding carboxylic acids is 1. The lowest BCUT2D eigenvalue weighted by Gasteiger charge is -2.04. The van der Waals surface area contributed by atoms with E-state index in [4.69, 9.17) is 9.47 Å². The van der Waals surface area contributed by atoms with Gasteiger partial charge in [-0.2, -0.15) is 0 Å². The van der Waals surface area contributed by atoms with E-state index in [1.807, 2.05) is 31.2 Å². The van der Waals surface area contributed by atoms with Gasteiger partial charge in [0.2, 0.25) is 0 Å². The zero-order valence-electron chi connectivity index (χ0n) is 12.8. The number of amides is 1. The summed E-state index contributed by atoms with van der Waals surface area (Å²) in [6.07, 6.45) is 1.65. The van der Waals surface area contributed by atoms with Crippen LogP contribution in [0.25, 0.3) is 10.2 Å². The van der Waals surface area contributed by atoms with Gasteiger partial charge in [-0.15, -0.1) is 0 Å². The molecule has 1 amide bonds. The van der Waals surface area contributed by atoms with Crippen molar-refractivity contribution < 1.29 is 14.3 Å². The predicted octanol–water partition coefficient (Wildman–Crippen LogP) is 3.92. The molecule has 0 aliphatic rings. The number of hydrogen-bond acceptors (Lipinski definition) is 6. The van der Waals surface area contributed by atoms with E-state index < -0.39 is 0 Å². The molecule has 124 valence electrons. The SMILES string of the molecule is CCOCOc1ccc2nc(NC(=O)c3ccc(I)cn3)sc2c1. The highest BCUT2D eigenvalue weighted by atomic mass is 127. The summed E-state index contributed by atoms with van der Waals surface area (Å²) in [7, 11) is 0. The Labute approximate surface area is 156 Å². The molecular formula is C16H14IN3O3S. The number of ether oxygens (including phenoxy) is 2. The number of benzene rings is 1. The van der Waals surface area contributed by atoms with E-state index in [1.54, 1.807) is 12.3 Å². The fourth-order valence-corrected chi connectivity index (χ4v) is 3.12. The molecular weight excluding hydrogens is 441 g/mol. The van der Waals surface area contributed by atoms with E-state index in [1.165, 1.54) is 11.3 Å². The zero-order valence-corrected chi connectivity index (χ0v) is 15.8. The molecule has 0 aliphatic carbocycles. The lowest BCUT2D eigenvalue weighted by Crippen LogP contribution is -2.13. The summed E-state index contributed by atoms with van der Waals surface area (Å²) in [5.41, 5.74) is 1.16. The fourth-order valence-electron chi connectivity index (χ4n) is 1.91. The minimum absolute atomic E-state index is 0.211. The number of aromatic nitrogens is 2. The third-order valence-electron chi connectivity index (χ3n) is 3.05. The van der Waals surface area contributed by atoms with Crippen LogP contribution in [0.1, 0.15) is 17.4 Å². The quantitative estimate of drug-likeness (QED) is 0.347. The first-order valence-corrected chi connectivity index (χ1v) is 9.09. The predicted molar refractivity (Wildman–Crippen MR) is 102 cm³/mol. The van der Waals surface area contributed by atoms with E-state index in [-0.39, 0.29) is 12.7 Å². The Balaban J connectivity index is 1.73. The first kappa shape index (κ1) is 17.1. The van der Waals surface area contributed by atoms with Crippen LogP contribution in [0.3, 0.4) is 0 Å². The third kappa shape index (κ3) is 4.19. The fraction of sp³-hybridized carbons (Fsp3) is 0.188. The van der Waals surface area contributed by atoms with E-state index in [0.717, 1.165) is 13.8 Å². The Morgan fingerprint density at radius 2 is 2.21 bits per heavy atom. The average Bonchev–Trinajstić information content (AvgIpc) is 2.97. The number of thiazole rings is 1. The maximum Gasteiger partial charge on any atom is 0.276 e. The molecule has 0 fully saturated rings. The first-order chi connectivity index (χ1) is 11.7. The molecule has 0 saturated heterocycles. The Hall–Kier alpha value is -1.78. The lowest BCUT2D eigenvalue weighted by molar-refractivity contribution is 0.0225. The maximum absolute atomic E-state index is 12.2. The van der Waals surface area contributed by atoms with Crippen LogP contribution in [-0.2, 0) is 4.74 Å². The summed E-state index contributed by atoms with van der Waals surface area (Å²) < 4.78 is 12.6. The van der Waals surface area contributed by atoms with Crippen LogP contribution in [0, 0.1) is 3.57 Å². The number of carbonyl (C=O) groups is 1. The first-order valence-electron chi connectivity index (χ1n) is 7.20. The summed E-state index contributed by atoms with van der Waals surface area (Å²) in [4.78, 5) is 20.7. The van der Waals surface area contributed by atoms with Gasteiger partial charge in [-0.25, -0.2) is 9.97 Å². The van der Waals surface area contributed by atoms with Crippen LogP contribution in [0.2, 0.25) is 0 Å². The molecule has 8 heteroatoms. The minimum atomic E-state index is -0.279. The van der Waals surface area contributed by atoms with Crippen LogP contribution in [0.5, 0.6) is 5.75 Å². The number of pyridine rings is 1. The van der Waals surface area contributed by atoms with Gasteiger partial charge in [0, 0.05) is 16.4 Å². The summed E-state index contributed by atoms with van der Waals surface area (Å²) in [5.74, 6) is 0.426. The molecule has 0 unspecified atom stereocenters. The number of anilines is 1. The number of nitrogens with zero attached hydrogens (tertiary/aromatic N) is 2. The molecule has 3 rings (SSSR count). The third-order valence-corrected chi connectivity index (χ3v) is 4.63. The second-order valence-corrected chi connectivity index (χ2v) is 7.00. The molecule has 0 atom stereocenters. The molecule has 1 N–H and O–H groups in total. The van der Waals surface area contributed by atoms with E-state index >= 15 is 0 Å². The molecule has 2 heterocycles. The topological polar surface area (TPSA) is 73.3 Å².